The molecule has 2 atom stereocenters. The van der Waals surface area contributed by atoms with Crippen LogP contribution in [0.1, 0.15) is 86.8 Å². The summed E-state index contributed by atoms with van der Waals surface area (Å²) in [6, 6.07) is 0. The summed E-state index contributed by atoms with van der Waals surface area (Å²) in [6.07, 6.45) is 0. The molecule has 0 amide bonds. The first-order valence-corrected chi connectivity index (χ1v) is 7.81. The number of hydrogen-bond donors (Lipinski definition) is 0. The first kappa shape index (κ1) is 13.7. The van der Waals surface area contributed by atoms with Gasteiger partial charge in [-0.1, -0.05) is 25.0 Å². The molecule has 1 aromatic rings. The Balaban J connectivity index is 2.44. The van der Waals surface area contributed by atoms with E-state index < -0.39 is 0 Å². The SMILES string of the molecule is CC1=C(C)C(C)c2c(C)c3c(c(C)c21)C(C)C(C)=C3C. The number of allylic oxidation sites excluding steroid dienone is 4. The van der Waals surface area contributed by atoms with Gasteiger partial charge in [0.2, 0.25) is 0 Å². The van der Waals surface area contributed by atoms with E-state index in [1.807, 2.05) is 0 Å². The molecule has 0 radical (unpaired) electrons. The molecule has 2 aliphatic carbocycles. The van der Waals surface area contributed by atoms with Crippen LogP contribution in [0.3, 0.4) is 0 Å². The fourth-order valence-corrected chi connectivity index (χ4v) is 4.57. The minimum Gasteiger partial charge on any atom is -0.0625 e. The van der Waals surface area contributed by atoms with Crippen LogP contribution in [-0.2, 0) is 0 Å². The molecule has 0 N–H and O–H groups in total. The molecule has 0 fully saturated rings. The van der Waals surface area contributed by atoms with Crippen molar-refractivity contribution in [3.63, 3.8) is 0 Å². The molecule has 0 saturated carbocycles. The Kier molecular flexibility index (Phi) is 2.80. The highest BCUT2D eigenvalue weighted by Gasteiger charge is 2.34. The highest BCUT2D eigenvalue weighted by Crippen LogP contribution is 2.52. The van der Waals surface area contributed by atoms with Gasteiger partial charge in [0.1, 0.15) is 0 Å². The Morgan fingerprint density at radius 2 is 0.850 bits per heavy atom. The van der Waals surface area contributed by atoms with Crippen molar-refractivity contribution in [2.75, 3.05) is 0 Å². The summed E-state index contributed by atoms with van der Waals surface area (Å²) in [5, 5.41) is 0. The molecule has 0 heteroatoms. The highest BCUT2D eigenvalue weighted by atomic mass is 14.4. The predicted octanol–water partition coefficient (Wildman–Crippen LogP) is 6.12. The van der Waals surface area contributed by atoms with Crippen LogP contribution in [0.2, 0.25) is 0 Å². The van der Waals surface area contributed by atoms with Crippen LogP contribution in [0.4, 0.5) is 0 Å². The van der Waals surface area contributed by atoms with Gasteiger partial charge < -0.3 is 0 Å². The summed E-state index contributed by atoms with van der Waals surface area (Å²) in [7, 11) is 0. The van der Waals surface area contributed by atoms with Gasteiger partial charge in [-0.05, 0) is 86.1 Å². The predicted molar refractivity (Wildman–Crippen MR) is 89.3 cm³/mol. The van der Waals surface area contributed by atoms with E-state index in [9.17, 15) is 0 Å². The van der Waals surface area contributed by atoms with E-state index in [1.165, 1.54) is 22.3 Å². The lowest BCUT2D eigenvalue weighted by Crippen LogP contribution is -2.05. The highest BCUT2D eigenvalue weighted by molar-refractivity contribution is 5.88. The number of benzene rings is 1. The lowest BCUT2D eigenvalue weighted by atomic mass is 9.83. The standard InChI is InChI=1S/C20H26/c1-9-11(3)17-15(7)19-13(5)10(2)14(6)20(19)16(8)18(17)12(9)4/h11,14H,1-8H3. The second-order valence-corrected chi connectivity index (χ2v) is 6.89. The van der Waals surface area contributed by atoms with Crippen molar-refractivity contribution in [2.24, 2.45) is 0 Å². The van der Waals surface area contributed by atoms with Crippen molar-refractivity contribution in [2.45, 2.75) is 67.2 Å². The van der Waals surface area contributed by atoms with Gasteiger partial charge in [-0.3, -0.25) is 0 Å². The van der Waals surface area contributed by atoms with Gasteiger partial charge in [0.05, 0.1) is 0 Å². The van der Waals surface area contributed by atoms with Gasteiger partial charge in [-0.2, -0.15) is 0 Å². The zero-order valence-corrected chi connectivity index (χ0v) is 14.2. The Morgan fingerprint density at radius 1 is 0.550 bits per heavy atom. The Hall–Kier alpha value is -1.30. The molecule has 0 heterocycles. The minimum absolute atomic E-state index is 0.581. The van der Waals surface area contributed by atoms with Crippen LogP contribution in [0.25, 0.3) is 11.1 Å². The van der Waals surface area contributed by atoms with Crippen molar-refractivity contribution in [1.29, 1.82) is 0 Å². The Bertz CT molecular complexity index is 634. The smallest absolute Gasteiger partial charge is 0.00319 e. The summed E-state index contributed by atoms with van der Waals surface area (Å²) in [6.45, 7) is 18.7. The van der Waals surface area contributed by atoms with Gasteiger partial charge in [-0.15, -0.1) is 0 Å². The van der Waals surface area contributed by atoms with Crippen molar-refractivity contribution in [1.82, 2.24) is 0 Å². The summed E-state index contributed by atoms with van der Waals surface area (Å²) >= 11 is 0. The van der Waals surface area contributed by atoms with Crippen molar-refractivity contribution >= 4 is 11.1 Å². The molecule has 1 aromatic carbocycles. The summed E-state index contributed by atoms with van der Waals surface area (Å²) in [5.41, 5.74) is 15.5. The maximum absolute atomic E-state index is 2.37. The van der Waals surface area contributed by atoms with E-state index in [0.29, 0.717) is 11.8 Å². The normalized spacial score (nSPS) is 24.6. The lowest BCUT2D eigenvalue weighted by Gasteiger charge is -2.21. The van der Waals surface area contributed by atoms with Gasteiger partial charge in [0.25, 0.3) is 0 Å². The van der Waals surface area contributed by atoms with Crippen LogP contribution in [-0.4, -0.2) is 0 Å². The molecule has 3 rings (SSSR count). The maximum atomic E-state index is 2.37. The van der Waals surface area contributed by atoms with Crippen LogP contribution in [0.5, 0.6) is 0 Å². The Labute approximate surface area is 123 Å². The van der Waals surface area contributed by atoms with E-state index in [-0.39, 0.29) is 0 Å². The van der Waals surface area contributed by atoms with Gasteiger partial charge >= 0.3 is 0 Å². The van der Waals surface area contributed by atoms with Crippen LogP contribution >= 0.6 is 0 Å². The zero-order valence-electron chi connectivity index (χ0n) is 14.2. The molecule has 0 aliphatic heterocycles. The average molecular weight is 266 g/mol. The molecule has 0 nitrogen and oxygen atoms in total. The van der Waals surface area contributed by atoms with Gasteiger partial charge in [-0.25, -0.2) is 0 Å². The minimum atomic E-state index is 0.581. The first-order chi connectivity index (χ1) is 9.29. The number of hydrogen-bond acceptors (Lipinski definition) is 0. The third-order valence-electron chi connectivity index (χ3n) is 6.19. The van der Waals surface area contributed by atoms with E-state index in [1.54, 1.807) is 33.4 Å². The Morgan fingerprint density at radius 3 is 1.15 bits per heavy atom. The quantitative estimate of drug-likeness (QED) is 0.530. The van der Waals surface area contributed by atoms with E-state index in [4.69, 9.17) is 0 Å². The van der Waals surface area contributed by atoms with E-state index in [2.05, 4.69) is 55.4 Å². The second kappa shape index (κ2) is 4.10. The van der Waals surface area contributed by atoms with Crippen molar-refractivity contribution in [3.05, 3.63) is 44.5 Å². The van der Waals surface area contributed by atoms with Crippen molar-refractivity contribution < 1.29 is 0 Å². The van der Waals surface area contributed by atoms with Gasteiger partial charge in [0, 0.05) is 11.8 Å². The third-order valence-corrected chi connectivity index (χ3v) is 6.19. The topological polar surface area (TPSA) is 0 Å². The van der Waals surface area contributed by atoms with Crippen LogP contribution in [0, 0.1) is 13.8 Å². The van der Waals surface area contributed by atoms with E-state index in [0.717, 1.165) is 0 Å². The van der Waals surface area contributed by atoms with Crippen LogP contribution in [0.15, 0.2) is 11.1 Å². The first-order valence-electron chi connectivity index (χ1n) is 7.81. The average Bonchev–Trinajstić information content (AvgIpc) is 2.77. The molecule has 106 valence electrons. The summed E-state index contributed by atoms with van der Waals surface area (Å²) in [4.78, 5) is 0. The van der Waals surface area contributed by atoms with E-state index >= 15 is 0 Å². The third kappa shape index (κ3) is 1.38. The second-order valence-electron chi connectivity index (χ2n) is 6.89. The molecule has 20 heavy (non-hydrogen) atoms. The van der Waals surface area contributed by atoms with Gasteiger partial charge in [0.15, 0.2) is 0 Å². The number of rotatable bonds is 0. The molecular formula is C20H26. The largest absolute Gasteiger partial charge is 0.0625 e. The maximum Gasteiger partial charge on any atom is 0.00319 e. The fraction of sp³-hybridized carbons (Fsp3) is 0.500. The monoisotopic (exact) mass is 266 g/mol. The molecule has 0 aromatic heterocycles. The summed E-state index contributed by atoms with van der Waals surface area (Å²) < 4.78 is 0. The molecule has 0 spiro atoms. The zero-order chi connectivity index (χ0) is 14.9. The molecule has 0 bridgehead atoms. The van der Waals surface area contributed by atoms with Crippen LogP contribution < -0.4 is 0 Å². The summed E-state index contributed by atoms with van der Waals surface area (Å²) in [5.74, 6) is 1.16. The molecule has 0 saturated heterocycles. The fourth-order valence-electron chi connectivity index (χ4n) is 4.57. The lowest BCUT2D eigenvalue weighted by molar-refractivity contribution is 0.884. The molecule has 2 aliphatic rings. The molecule has 2 unspecified atom stereocenters. The number of fused-ring (bicyclic) bond motifs is 2. The molecular weight excluding hydrogens is 240 g/mol. The van der Waals surface area contributed by atoms with Crippen molar-refractivity contribution in [3.8, 4) is 0 Å².